The van der Waals surface area contributed by atoms with E-state index >= 15 is 0 Å². The Labute approximate surface area is 166 Å². The van der Waals surface area contributed by atoms with Crippen LogP contribution in [0.15, 0.2) is 70.7 Å². The number of benzene rings is 2. The van der Waals surface area contributed by atoms with Crippen molar-refractivity contribution in [3.05, 3.63) is 71.2 Å². The molecule has 1 unspecified atom stereocenters. The Bertz CT molecular complexity index is 984. The first kappa shape index (κ1) is 18.4. The van der Waals surface area contributed by atoms with Gasteiger partial charge in [-0.15, -0.1) is 0 Å². The van der Waals surface area contributed by atoms with Crippen LogP contribution >= 0.6 is 6.42 Å². The molecule has 2 aliphatic rings. The van der Waals surface area contributed by atoms with Gasteiger partial charge in [0.05, 0.1) is 23.8 Å². The third-order valence-electron chi connectivity index (χ3n) is 5.24. The zero-order valence-electron chi connectivity index (χ0n) is 16.1. The Morgan fingerprint density at radius 2 is 1.74 bits per heavy atom. The molecule has 1 atom stereocenters. The molecule has 0 aromatic heterocycles. The van der Waals surface area contributed by atoms with Crippen molar-refractivity contribution in [3.8, 4) is 0 Å². The molecule has 2 heterocycles. The van der Waals surface area contributed by atoms with Crippen LogP contribution in [0.2, 0.25) is 0 Å². The highest BCUT2D eigenvalue weighted by Crippen LogP contribution is 2.66. The SMILES string of the molecule is CCOP1(=S)/C(=C2/N(C)c3ccccc3C2(C)C)C=NN1c1ccccc1. The molecule has 0 bridgehead atoms. The summed E-state index contributed by atoms with van der Waals surface area (Å²) >= 11 is 6.20. The van der Waals surface area contributed by atoms with Crippen molar-refractivity contribution < 1.29 is 4.52 Å². The lowest BCUT2D eigenvalue weighted by molar-refractivity contribution is 0.379. The number of hydrogen-bond donors (Lipinski definition) is 0. The summed E-state index contributed by atoms with van der Waals surface area (Å²) in [6, 6.07) is 18.6. The monoisotopic (exact) mass is 397 g/mol. The van der Waals surface area contributed by atoms with E-state index in [1.165, 1.54) is 16.9 Å². The van der Waals surface area contributed by atoms with Crippen LogP contribution in [0.1, 0.15) is 26.3 Å². The summed E-state index contributed by atoms with van der Waals surface area (Å²) in [4.78, 5) is 2.26. The number of allylic oxidation sites excluding steroid dienone is 2. The molecular weight excluding hydrogens is 373 g/mol. The number of hydrazone groups is 1. The Morgan fingerprint density at radius 1 is 1.07 bits per heavy atom. The van der Waals surface area contributed by atoms with Crippen LogP contribution < -0.4 is 9.68 Å². The first-order valence-corrected chi connectivity index (χ1v) is 11.8. The van der Waals surface area contributed by atoms with Crippen molar-refractivity contribution in [1.29, 1.82) is 0 Å². The highest BCUT2D eigenvalue weighted by Gasteiger charge is 2.46. The van der Waals surface area contributed by atoms with Gasteiger partial charge < -0.3 is 9.42 Å². The topological polar surface area (TPSA) is 28.1 Å². The van der Waals surface area contributed by atoms with E-state index in [4.69, 9.17) is 21.4 Å². The number of likely N-dealkylation sites (N-methyl/N-ethyl adjacent to an activating group) is 1. The van der Waals surface area contributed by atoms with E-state index in [1.54, 1.807) is 0 Å². The molecule has 0 saturated heterocycles. The molecule has 4 rings (SSSR count). The van der Waals surface area contributed by atoms with Crippen molar-refractivity contribution in [3.63, 3.8) is 0 Å². The van der Waals surface area contributed by atoms with Gasteiger partial charge in [0, 0.05) is 23.8 Å². The average Bonchev–Trinajstić information content (AvgIpc) is 3.08. The van der Waals surface area contributed by atoms with E-state index in [0.29, 0.717) is 6.61 Å². The normalized spacial score (nSPS) is 25.9. The molecule has 0 amide bonds. The van der Waals surface area contributed by atoms with Gasteiger partial charge >= 0.3 is 0 Å². The Balaban J connectivity index is 1.91. The number of anilines is 2. The van der Waals surface area contributed by atoms with E-state index in [-0.39, 0.29) is 5.41 Å². The van der Waals surface area contributed by atoms with Gasteiger partial charge in [0.1, 0.15) is 0 Å². The molecule has 0 N–H and O–H groups in total. The van der Waals surface area contributed by atoms with E-state index in [2.05, 4.69) is 50.1 Å². The third kappa shape index (κ3) is 2.68. The second kappa shape index (κ2) is 6.59. The average molecular weight is 397 g/mol. The van der Waals surface area contributed by atoms with Crippen LogP contribution in [0.3, 0.4) is 0 Å². The van der Waals surface area contributed by atoms with Crippen molar-refractivity contribution >= 4 is 35.8 Å². The van der Waals surface area contributed by atoms with Crippen LogP contribution in [0, 0.1) is 0 Å². The summed E-state index contributed by atoms with van der Waals surface area (Å²) in [5.74, 6) is 0. The minimum Gasteiger partial charge on any atom is -0.346 e. The van der Waals surface area contributed by atoms with Crippen LogP contribution in [-0.2, 0) is 21.7 Å². The smallest absolute Gasteiger partial charge is 0.209 e. The number of nitrogens with zero attached hydrogens (tertiary/aromatic N) is 3. The Kier molecular flexibility index (Phi) is 4.50. The standard InChI is InChI=1S/C21H24N3OPS/c1-5-25-26(27)19(15-22-24(26)16-11-7-6-8-12-16)20-21(2,3)17-13-9-10-14-18(17)23(20)4/h6-15H,5H2,1-4H3/b20-19+. The minimum absolute atomic E-state index is 0.166. The van der Waals surface area contributed by atoms with Crippen molar-refractivity contribution in [2.45, 2.75) is 26.2 Å². The van der Waals surface area contributed by atoms with Crippen molar-refractivity contribution in [2.75, 3.05) is 23.3 Å². The maximum absolute atomic E-state index is 6.27. The molecule has 0 aliphatic carbocycles. The lowest BCUT2D eigenvalue weighted by atomic mass is 9.84. The summed E-state index contributed by atoms with van der Waals surface area (Å²) in [6.45, 7) is 7.05. The highest BCUT2D eigenvalue weighted by atomic mass is 32.4. The van der Waals surface area contributed by atoms with E-state index in [0.717, 1.165) is 11.0 Å². The number of fused-ring (bicyclic) bond motifs is 1. The maximum atomic E-state index is 6.27. The fraction of sp³-hybridized carbons (Fsp3) is 0.286. The lowest BCUT2D eigenvalue weighted by Crippen LogP contribution is -2.26. The summed E-state index contributed by atoms with van der Waals surface area (Å²) < 4.78 is 8.18. The summed E-state index contributed by atoms with van der Waals surface area (Å²) in [5, 5.41) is 5.74. The van der Waals surface area contributed by atoms with Gasteiger partial charge in [-0.05, 0) is 42.5 Å². The van der Waals surface area contributed by atoms with Crippen LogP contribution in [0.4, 0.5) is 11.4 Å². The van der Waals surface area contributed by atoms with Gasteiger partial charge in [-0.3, -0.25) is 0 Å². The first-order chi connectivity index (χ1) is 12.9. The highest BCUT2D eigenvalue weighted by molar-refractivity contribution is 8.15. The maximum Gasteiger partial charge on any atom is 0.209 e. The molecule has 27 heavy (non-hydrogen) atoms. The zero-order valence-corrected chi connectivity index (χ0v) is 17.8. The van der Waals surface area contributed by atoms with E-state index in [1.807, 2.05) is 48.2 Å². The molecule has 2 aromatic carbocycles. The zero-order chi connectivity index (χ0) is 19.2. The summed E-state index contributed by atoms with van der Waals surface area (Å²) in [5.41, 5.74) is 4.51. The van der Waals surface area contributed by atoms with Crippen LogP contribution in [0.5, 0.6) is 0 Å². The molecule has 6 heteroatoms. The quantitative estimate of drug-likeness (QED) is 0.642. The third-order valence-corrected chi connectivity index (χ3v) is 8.99. The van der Waals surface area contributed by atoms with Gasteiger partial charge in [-0.1, -0.05) is 50.2 Å². The van der Waals surface area contributed by atoms with Crippen molar-refractivity contribution in [1.82, 2.24) is 0 Å². The molecule has 0 spiro atoms. The second-order valence-electron chi connectivity index (χ2n) is 7.24. The molecule has 0 fully saturated rings. The van der Waals surface area contributed by atoms with Gasteiger partial charge in [0.25, 0.3) is 0 Å². The van der Waals surface area contributed by atoms with Gasteiger partial charge in [0.15, 0.2) is 0 Å². The van der Waals surface area contributed by atoms with Crippen LogP contribution in [0.25, 0.3) is 0 Å². The fourth-order valence-corrected chi connectivity index (χ4v) is 7.53. The Morgan fingerprint density at radius 3 is 2.41 bits per heavy atom. The molecular formula is C21H24N3OPS. The summed E-state index contributed by atoms with van der Waals surface area (Å²) in [6.07, 6.45) is -0.605. The predicted octanol–water partition coefficient (Wildman–Crippen LogP) is 5.48. The largest absolute Gasteiger partial charge is 0.346 e. The predicted molar refractivity (Wildman–Crippen MR) is 118 cm³/mol. The van der Waals surface area contributed by atoms with Crippen molar-refractivity contribution in [2.24, 2.45) is 5.10 Å². The molecule has 140 valence electrons. The van der Waals surface area contributed by atoms with E-state index < -0.39 is 6.42 Å². The molecule has 2 aromatic rings. The Hall–Kier alpha value is -1.94. The van der Waals surface area contributed by atoms with Crippen LogP contribution in [-0.4, -0.2) is 19.9 Å². The van der Waals surface area contributed by atoms with E-state index in [9.17, 15) is 0 Å². The number of rotatable bonds is 3. The molecule has 2 aliphatic heterocycles. The lowest BCUT2D eigenvalue weighted by Gasteiger charge is -2.32. The van der Waals surface area contributed by atoms with Gasteiger partial charge in [-0.2, -0.15) is 5.10 Å². The molecule has 0 radical (unpaired) electrons. The number of hydrogen-bond acceptors (Lipinski definition) is 4. The van der Waals surface area contributed by atoms with Gasteiger partial charge in [0.2, 0.25) is 6.42 Å². The fourth-order valence-electron chi connectivity index (χ4n) is 4.08. The number of para-hydroxylation sites is 2. The summed E-state index contributed by atoms with van der Waals surface area (Å²) in [7, 11) is 2.11. The molecule has 4 nitrogen and oxygen atoms in total. The van der Waals surface area contributed by atoms with Gasteiger partial charge in [-0.25, -0.2) is 4.78 Å². The molecule has 0 saturated carbocycles. The minimum atomic E-state index is -2.52. The second-order valence-corrected chi connectivity index (χ2v) is 10.9. The first-order valence-electron chi connectivity index (χ1n) is 9.14.